The molecule has 20 rings (SSSR count). The van der Waals surface area contributed by atoms with Crippen LogP contribution in [-0.4, -0.2) is 221 Å². The quantitative estimate of drug-likeness (QED) is 0.00984. The zero-order chi connectivity index (χ0) is 102. The zero-order valence-electron chi connectivity index (χ0n) is 79.8. The average Bonchev–Trinajstić information content (AvgIpc) is 1.62. The summed E-state index contributed by atoms with van der Waals surface area (Å²) in [5.41, 5.74) is 25.1. The standard InChI is InChI=1S/C33H33N9O2.C20H20ClFN2O3.C19H14N6.C17H17F3N2O4.C17H18N6O.CH4/c43-30(42-18-16-41(17-19-42)27-5-2-24(3-6-27)32-35-11-1-12-36-32)22-40-15-10-25(21-40)33(44)37-26-4-7-29-28(20-26)31(39-38-29)23-8-13-34-14-9-23;1-12-3-4-13(16(21)7-12)8-15-14(18(26)10-27-6-5-25)9-17-20(19(15)22)23-11-24(17)2;20-14-11-21-19-13(14)10-15(22-23-19)17-16-8-4-5-9-25(16)24-18(17)12-6-2-1-3-7-12;1-9-2-5-14(13(19)6-9)21-16-11(3-4-12(18)15(16)20)17(25)22-26-8-10(24)7-23;1-3-18-17(24)23-14-9-8-13-16(21-14)22-15(10-19-13)20-12-6-4-11(2)5-7-12;/h1-9,11-14,20,25H,10,15-19,21-22H2,(H,37,44)(H,38,39);3-4,7,9,11,25H,5-6,8,10H2,1-2H3;1-11H,20H2,(H,21,23);2-6,10,21,23-24H,7-8H2,1H3,(H,22,25);4-10H,3H2,1-2H3,(H3,18,20,21,22,23,24);1H4/t;;;10-;;/m...1../s1. The molecule has 8 aromatic carbocycles. The Balaban J connectivity index is 0.000000141. The fraction of sp³-hybridized carbons (Fsp3) is 0.215. The minimum Gasteiger partial charge on any atom is -0.397 e. The molecule has 10 aromatic heterocycles. The minimum atomic E-state index is -1.37. The summed E-state index contributed by atoms with van der Waals surface area (Å²) in [6.45, 7) is 11.2. The molecule has 2 aliphatic rings. The lowest BCUT2D eigenvalue weighted by Crippen LogP contribution is -2.51. The number of Topliss-reactive ketones (excluding diaryl/α,β-unsaturated/α-hetero) is 1. The number of H-pyrrole nitrogens is 2. The van der Waals surface area contributed by atoms with E-state index in [1.165, 1.54) is 24.0 Å². The average molecular weight is 2010 g/mol. The number of hydroxylamine groups is 1. The number of rotatable bonds is 27. The monoisotopic (exact) mass is 2010 g/mol. The molecular formula is C107H106ClF4N25O10. The Morgan fingerprint density at radius 3 is 2.15 bits per heavy atom. The number of hydrogen-bond acceptors (Lipinski definition) is 26. The number of fused-ring (bicyclic) bond motifs is 5. The van der Waals surface area contributed by atoms with Gasteiger partial charge in [-0.05, 0) is 197 Å². The summed E-state index contributed by atoms with van der Waals surface area (Å²) in [5.74, 6) is -3.48. The number of aromatic amines is 2. The molecule has 754 valence electrons. The van der Waals surface area contributed by atoms with E-state index in [0.29, 0.717) is 88.8 Å². The van der Waals surface area contributed by atoms with Gasteiger partial charge in [0, 0.05) is 151 Å². The van der Waals surface area contributed by atoms with E-state index in [2.05, 4.69) is 114 Å². The van der Waals surface area contributed by atoms with Crippen molar-refractivity contribution in [2.75, 3.05) is 117 Å². The maximum Gasteiger partial charge on any atom is 0.320 e. The van der Waals surface area contributed by atoms with E-state index in [4.69, 9.17) is 42.5 Å². The fourth-order valence-electron chi connectivity index (χ4n) is 16.3. The lowest BCUT2D eigenvalue weighted by molar-refractivity contribution is -0.132. The number of aliphatic hydroxyl groups is 3. The first-order valence-corrected chi connectivity index (χ1v) is 47.0. The van der Waals surface area contributed by atoms with Crippen molar-refractivity contribution in [2.24, 2.45) is 13.0 Å². The van der Waals surface area contributed by atoms with Gasteiger partial charge in [-0.3, -0.25) is 44.3 Å². The third-order valence-corrected chi connectivity index (χ3v) is 24.2. The molecule has 18 aromatic rings. The number of benzene rings is 8. The number of ether oxygens (including phenoxy) is 1. The van der Waals surface area contributed by atoms with E-state index in [0.717, 1.165) is 128 Å². The number of carbonyl (C=O) groups excluding carboxylic acids is 5. The summed E-state index contributed by atoms with van der Waals surface area (Å²) >= 11 is 6.31. The summed E-state index contributed by atoms with van der Waals surface area (Å²) in [4.78, 5) is 107. The topological polar surface area (TPSA) is 455 Å². The number of halogens is 5. The molecule has 0 bridgehead atoms. The van der Waals surface area contributed by atoms with Crippen LogP contribution in [0.4, 0.5) is 68.1 Å². The molecule has 0 radical (unpaired) electrons. The van der Waals surface area contributed by atoms with Crippen LogP contribution >= 0.6 is 11.6 Å². The largest absolute Gasteiger partial charge is 0.397 e. The molecule has 13 N–H and O–H groups in total. The predicted molar refractivity (Wildman–Crippen MR) is 557 cm³/mol. The molecule has 0 aliphatic carbocycles. The van der Waals surface area contributed by atoms with Gasteiger partial charge in [0.25, 0.3) is 5.91 Å². The molecule has 2 atom stereocenters. The Labute approximate surface area is 846 Å². The summed E-state index contributed by atoms with van der Waals surface area (Å²) in [6.07, 6.45) is 13.5. The Bertz CT molecular complexity index is 7680. The van der Waals surface area contributed by atoms with E-state index >= 15 is 4.39 Å². The number of urea groups is 1. The molecule has 2 saturated heterocycles. The number of imidazole rings is 1. The van der Waals surface area contributed by atoms with Gasteiger partial charge in [0.1, 0.15) is 53.4 Å². The van der Waals surface area contributed by atoms with E-state index < -0.39 is 54.2 Å². The third kappa shape index (κ3) is 26.0. The SMILES string of the molecule is C.CCNC(=O)Nc1ccc2ncc(Nc3ccc(C)cc3)nc2n1.Cc1ccc(Cc2c(C(=O)COCCO)cc3c(ncn3C)c2F)c(Cl)c1.Cc1ccc(Nc2c(C(=O)NOC[C@H](O)CO)ccc(F)c2F)c(F)c1.Nc1c[nH]c2nnc(-c3c(-c4ccccc4)nn4ccccc34)cc12.O=C(Nc1ccc2[nH]nc(-c3ccncc3)c2c1)C1CCN(CC(=O)N2CCN(c3ccc(-c4ncccn4)cc3)CC2)C1. The highest BCUT2D eigenvalue weighted by atomic mass is 35.5. The number of aryl methyl sites for hydroxylation is 4. The highest BCUT2D eigenvalue weighted by Gasteiger charge is 2.33. The number of carbonyl (C=O) groups is 5. The van der Waals surface area contributed by atoms with Crippen LogP contribution in [0.1, 0.15) is 69.3 Å². The molecule has 0 saturated carbocycles. The number of ketones is 1. The van der Waals surface area contributed by atoms with Gasteiger partial charge in [-0.2, -0.15) is 10.2 Å². The van der Waals surface area contributed by atoms with Crippen LogP contribution in [-0.2, 0) is 32.6 Å². The van der Waals surface area contributed by atoms with Crippen LogP contribution in [0, 0.1) is 50.0 Å². The molecule has 2 fully saturated rings. The number of nitrogens with two attached hydrogens (primary N) is 1. The Hall–Kier alpha value is -17.0. The molecule has 35 nitrogen and oxygen atoms in total. The van der Waals surface area contributed by atoms with E-state index in [1.807, 2.05) is 181 Å². The lowest BCUT2D eigenvalue weighted by atomic mass is 9.95. The number of pyridine rings is 3. The summed E-state index contributed by atoms with van der Waals surface area (Å²) < 4.78 is 65.6. The number of aromatic nitrogens is 15. The second-order valence-corrected chi connectivity index (χ2v) is 34.7. The first kappa shape index (κ1) is 104. The third-order valence-electron chi connectivity index (χ3n) is 23.9. The normalized spacial score (nSPS) is 13.0. The van der Waals surface area contributed by atoms with Crippen LogP contribution in [0.25, 0.3) is 94.8 Å². The molecule has 147 heavy (non-hydrogen) atoms. The Kier molecular flexibility index (Phi) is 34.7. The van der Waals surface area contributed by atoms with Gasteiger partial charge in [-0.15, -0.1) is 10.2 Å². The Morgan fingerprint density at radius 1 is 0.667 bits per heavy atom. The molecule has 12 heterocycles. The molecular weight excluding hydrogens is 1910 g/mol. The second-order valence-electron chi connectivity index (χ2n) is 34.3. The molecule has 1 unspecified atom stereocenters. The number of likely N-dealkylation sites (tertiary alicyclic amines) is 1. The van der Waals surface area contributed by atoms with Gasteiger partial charge in [0.05, 0.1) is 95.2 Å². The Morgan fingerprint density at radius 2 is 1.40 bits per heavy atom. The summed E-state index contributed by atoms with van der Waals surface area (Å²) in [5, 5.41) is 63.9. The van der Waals surface area contributed by atoms with Crippen molar-refractivity contribution in [3.8, 4) is 45.2 Å². The highest BCUT2D eigenvalue weighted by Crippen LogP contribution is 2.38. The fourth-order valence-corrected chi connectivity index (χ4v) is 16.6. The molecule has 40 heteroatoms. The number of hydrogen-bond donors (Lipinski definition) is 12. The number of nitrogen functional groups attached to an aromatic ring is 1. The first-order chi connectivity index (χ1) is 70.8. The van der Waals surface area contributed by atoms with Crippen molar-refractivity contribution in [1.82, 2.24) is 95.0 Å². The first-order valence-electron chi connectivity index (χ1n) is 46.6. The number of anilines is 8. The summed E-state index contributed by atoms with van der Waals surface area (Å²) in [7, 11) is 1.74. The van der Waals surface area contributed by atoms with Crippen molar-refractivity contribution >= 4 is 137 Å². The smallest absolute Gasteiger partial charge is 0.320 e. The van der Waals surface area contributed by atoms with Crippen LogP contribution < -0.4 is 42.7 Å². The minimum absolute atomic E-state index is 0. The zero-order valence-corrected chi connectivity index (χ0v) is 80.6. The number of nitrogens with one attached hydrogen (secondary N) is 8. The van der Waals surface area contributed by atoms with Gasteiger partial charge < -0.3 is 66.4 Å². The van der Waals surface area contributed by atoms with Gasteiger partial charge in [0.15, 0.2) is 46.2 Å². The maximum atomic E-state index is 15.2. The van der Waals surface area contributed by atoms with Gasteiger partial charge in [0.2, 0.25) is 11.8 Å². The van der Waals surface area contributed by atoms with Gasteiger partial charge in [-0.25, -0.2) is 62.3 Å². The van der Waals surface area contributed by atoms with Crippen molar-refractivity contribution < 1.29 is 66.4 Å². The van der Waals surface area contributed by atoms with Crippen molar-refractivity contribution in [1.29, 1.82) is 0 Å². The summed E-state index contributed by atoms with van der Waals surface area (Å²) in [6, 6.07) is 61.8. The van der Waals surface area contributed by atoms with E-state index in [1.54, 1.807) is 86.1 Å². The van der Waals surface area contributed by atoms with E-state index in [9.17, 15) is 37.1 Å². The number of amides is 5. The van der Waals surface area contributed by atoms with Gasteiger partial charge in [-0.1, -0.05) is 91.3 Å². The van der Waals surface area contributed by atoms with Gasteiger partial charge >= 0.3 is 6.03 Å². The van der Waals surface area contributed by atoms with Crippen LogP contribution in [0.3, 0.4) is 0 Å². The maximum absolute atomic E-state index is 15.2. The lowest BCUT2D eigenvalue weighted by Gasteiger charge is -2.36. The highest BCUT2D eigenvalue weighted by molar-refractivity contribution is 6.31. The van der Waals surface area contributed by atoms with E-state index in [-0.39, 0.29) is 91.1 Å². The van der Waals surface area contributed by atoms with Crippen molar-refractivity contribution in [3.63, 3.8) is 0 Å². The molecule has 0 spiro atoms. The molecule has 5 amide bonds. The number of nitrogens with zero attached hydrogens (tertiary/aromatic N) is 16. The van der Waals surface area contributed by atoms with Crippen LogP contribution in [0.2, 0.25) is 5.02 Å². The number of aliphatic hydroxyl groups excluding tert-OH is 3. The van der Waals surface area contributed by atoms with Crippen molar-refractivity contribution in [2.45, 2.75) is 54.1 Å². The van der Waals surface area contributed by atoms with Crippen LogP contribution in [0.5, 0.6) is 0 Å². The second kappa shape index (κ2) is 48.9. The van der Waals surface area contributed by atoms with Crippen molar-refractivity contribution in [3.05, 3.63) is 323 Å². The number of piperazine rings is 1. The predicted octanol–water partition coefficient (Wildman–Crippen LogP) is 16.7. The van der Waals surface area contributed by atoms with Crippen LogP contribution in [0.15, 0.2) is 256 Å². The molecule has 2 aliphatic heterocycles.